The fourth-order valence-electron chi connectivity index (χ4n) is 8.56. The third-order valence-corrected chi connectivity index (χ3v) is 11.6. The number of H-pyrrole nitrogens is 2. The van der Waals surface area contributed by atoms with Gasteiger partial charge >= 0.3 is 11.7 Å². The summed E-state index contributed by atoms with van der Waals surface area (Å²) in [5, 5.41) is 11.4. The summed E-state index contributed by atoms with van der Waals surface area (Å²) in [7, 11) is 5.45. The molecule has 0 saturated carbocycles. The van der Waals surface area contributed by atoms with Crippen LogP contribution >= 0.6 is 0 Å². The number of nitrogens with one attached hydrogen (secondary N) is 2. The largest absolute Gasteiger partial charge is 0.463 e. The quantitative estimate of drug-likeness (QED) is 0.238. The molecule has 296 valence electrons. The van der Waals surface area contributed by atoms with Crippen LogP contribution in [0.25, 0.3) is 0 Å². The van der Waals surface area contributed by atoms with E-state index in [4.69, 9.17) is 18.9 Å². The maximum absolute atomic E-state index is 14.4. The number of aliphatic hydroxyl groups is 1. The number of aliphatic hydroxyl groups excluding tert-OH is 1. The lowest BCUT2D eigenvalue weighted by Gasteiger charge is -2.47. The Hall–Kier alpha value is -2.46. The number of aromatic nitrogens is 2. The van der Waals surface area contributed by atoms with E-state index in [1.54, 1.807) is 27.9 Å². The predicted octanol–water partition coefficient (Wildman–Crippen LogP) is 2.31. The number of nitrogens with zero attached hydrogens (tertiary/aromatic N) is 3. The first-order valence-corrected chi connectivity index (χ1v) is 19.1. The normalized spacial score (nSPS) is 34.2. The summed E-state index contributed by atoms with van der Waals surface area (Å²) in [5.74, 6) is -1.63. The van der Waals surface area contributed by atoms with Gasteiger partial charge in [0.05, 0.1) is 23.4 Å². The Morgan fingerprint density at radius 3 is 2.42 bits per heavy atom. The highest BCUT2D eigenvalue weighted by molar-refractivity contribution is 6.04. The smallest absolute Gasteiger partial charge is 0.325 e. The van der Waals surface area contributed by atoms with Crippen molar-refractivity contribution in [2.75, 3.05) is 54.0 Å². The minimum atomic E-state index is -1.48. The van der Waals surface area contributed by atoms with E-state index in [2.05, 4.69) is 33.6 Å². The molecule has 2 saturated heterocycles. The first kappa shape index (κ1) is 42.3. The fourth-order valence-corrected chi connectivity index (χ4v) is 8.56. The zero-order chi connectivity index (χ0) is 38.5. The van der Waals surface area contributed by atoms with Crippen molar-refractivity contribution in [3.8, 4) is 0 Å². The summed E-state index contributed by atoms with van der Waals surface area (Å²) in [6.45, 7) is 16.7. The number of likely N-dealkylation sites (N-methyl/N-ethyl adjacent to an activating group) is 1. The highest BCUT2D eigenvalue weighted by Crippen LogP contribution is 2.38. The number of aromatic amines is 2. The molecular formula is C38H65N5O9. The highest BCUT2D eigenvalue weighted by Gasteiger charge is 2.51. The molecule has 0 radical (unpaired) electrons. The average Bonchev–Trinajstić information content (AvgIpc) is 3.08. The number of esters is 1. The summed E-state index contributed by atoms with van der Waals surface area (Å²) in [5.41, 5.74) is -1.97. The molecule has 4 heterocycles. The summed E-state index contributed by atoms with van der Waals surface area (Å²) in [4.78, 5) is 64.1. The van der Waals surface area contributed by atoms with Crippen molar-refractivity contribution in [2.24, 2.45) is 17.3 Å². The lowest BCUT2D eigenvalue weighted by atomic mass is 9.74. The van der Waals surface area contributed by atoms with Crippen molar-refractivity contribution >= 4 is 11.8 Å². The summed E-state index contributed by atoms with van der Waals surface area (Å²) < 4.78 is 25.2. The molecule has 9 atom stereocenters. The number of ketones is 1. The second-order valence-electron chi connectivity index (χ2n) is 16.5. The SMILES string of the molecule is CCCN1C[C@H](C)C[C@@](C)(OC)[C@H](O[C@@H]2O[C@H](C)C[C@H](N(C)C)[C@H]2O)[C@@H](C)C(=O)C(C)(C)C(=O)OC[C@H]1CCCN1CCc2[nH]c(=O)[nH]c(=O)c2C1. The van der Waals surface area contributed by atoms with Crippen molar-refractivity contribution in [1.82, 2.24) is 24.7 Å². The number of carbonyl (C=O) groups excluding carboxylic acids is 2. The van der Waals surface area contributed by atoms with E-state index < -0.39 is 47.1 Å². The van der Waals surface area contributed by atoms with Gasteiger partial charge in [-0.1, -0.05) is 20.8 Å². The van der Waals surface area contributed by atoms with Crippen LogP contribution in [0, 0.1) is 17.3 Å². The van der Waals surface area contributed by atoms with Gasteiger partial charge in [0.1, 0.15) is 18.1 Å². The Morgan fingerprint density at radius 2 is 1.77 bits per heavy atom. The van der Waals surface area contributed by atoms with Crippen LogP contribution in [-0.4, -0.2) is 138 Å². The van der Waals surface area contributed by atoms with Crippen LogP contribution in [-0.2, 0) is 41.5 Å². The molecule has 3 aliphatic heterocycles. The Balaban J connectivity index is 1.59. The van der Waals surface area contributed by atoms with Crippen molar-refractivity contribution in [2.45, 2.75) is 136 Å². The molecule has 1 aromatic rings. The molecule has 14 heteroatoms. The van der Waals surface area contributed by atoms with E-state index in [1.807, 2.05) is 32.8 Å². The van der Waals surface area contributed by atoms with Crippen molar-refractivity contribution in [3.63, 3.8) is 0 Å². The minimum absolute atomic E-state index is 0.0926. The molecule has 2 fully saturated rings. The molecule has 0 unspecified atom stereocenters. The number of carbonyl (C=O) groups is 2. The lowest BCUT2D eigenvalue weighted by molar-refractivity contribution is -0.295. The van der Waals surface area contributed by atoms with Gasteiger partial charge in [-0.3, -0.25) is 29.2 Å². The molecule has 1 aromatic heterocycles. The van der Waals surface area contributed by atoms with E-state index in [9.17, 15) is 24.3 Å². The number of Topliss-reactive ketones (excluding diaryl/α,β-unsaturated/α-hetero) is 1. The zero-order valence-corrected chi connectivity index (χ0v) is 33.2. The molecule has 0 spiro atoms. The number of hydrogen-bond acceptors (Lipinski definition) is 12. The predicted molar refractivity (Wildman–Crippen MR) is 197 cm³/mol. The number of hydrogen-bond donors (Lipinski definition) is 3. The maximum atomic E-state index is 14.4. The zero-order valence-electron chi connectivity index (χ0n) is 33.2. The molecule has 52 heavy (non-hydrogen) atoms. The van der Waals surface area contributed by atoms with Crippen LogP contribution in [0.15, 0.2) is 9.59 Å². The summed E-state index contributed by atoms with van der Waals surface area (Å²) in [6, 6.07) is -0.296. The monoisotopic (exact) mass is 735 g/mol. The van der Waals surface area contributed by atoms with E-state index in [-0.39, 0.29) is 42.1 Å². The van der Waals surface area contributed by atoms with Crippen LogP contribution in [0.3, 0.4) is 0 Å². The van der Waals surface area contributed by atoms with E-state index in [0.717, 1.165) is 38.9 Å². The van der Waals surface area contributed by atoms with Gasteiger partial charge in [0.15, 0.2) is 12.1 Å². The van der Waals surface area contributed by atoms with Crippen molar-refractivity contribution in [3.05, 3.63) is 32.1 Å². The van der Waals surface area contributed by atoms with Crippen LogP contribution in [0.1, 0.15) is 91.8 Å². The van der Waals surface area contributed by atoms with Crippen LogP contribution in [0.4, 0.5) is 0 Å². The molecule has 0 aromatic carbocycles. The van der Waals surface area contributed by atoms with Gasteiger partial charge in [0, 0.05) is 56.9 Å². The molecule has 3 aliphatic rings. The third-order valence-electron chi connectivity index (χ3n) is 11.6. The standard InChI is InChI=1S/C38H65N5O9/c1-11-15-43-20-23(2)19-38(7,49-10)32(52-34-30(44)29(41(8)9)18-24(3)51-34)25(4)31(45)37(5,6)35(47)50-22-26(43)13-12-16-42-17-14-28-27(21-42)33(46)40-36(48)39-28/h23-26,29-30,32,34,44H,11-22H2,1-10H3,(H2,39,40,46,48)/t23-,24-,25+,26-,29+,30-,32-,34+,38-/m1/s1. The van der Waals surface area contributed by atoms with E-state index in [0.29, 0.717) is 43.6 Å². The van der Waals surface area contributed by atoms with Crippen molar-refractivity contribution in [1.29, 1.82) is 0 Å². The Morgan fingerprint density at radius 1 is 1.06 bits per heavy atom. The minimum Gasteiger partial charge on any atom is -0.463 e. The molecule has 0 bridgehead atoms. The van der Waals surface area contributed by atoms with Gasteiger partial charge in [-0.15, -0.1) is 0 Å². The number of fused-ring (bicyclic) bond motifs is 1. The van der Waals surface area contributed by atoms with E-state index in [1.165, 1.54) is 0 Å². The van der Waals surface area contributed by atoms with Gasteiger partial charge in [-0.25, -0.2) is 4.79 Å². The van der Waals surface area contributed by atoms with Gasteiger partial charge in [0.2, 0.25) is 0 Å². The molecule has 3 N–H and O–H groups in total. The topological polar surface area (TPSA) is 167 Å². The number of ether oxygens (including phenoxy) is 4. The second kappa shape index (κ2) is 17.8. The first-order chi connectivity index (χ1) is 24.4. The summed E-state index contributed by atoms with van der Waals surface area (Å²) >= 11 is 0. The van der Waals surface area contributed by atoms with Gasteiger partial charge < -0.3 is 33.9 Å². The fraction of sp³-hybridized carbons (Fsp3) is 0.842. The number of methoxy groups -OCH3 is 1. The molecule has 0 aliphatic carbocycles. The van der Waals surface area contributed by atoms with Crippen LogP contribution in [0.5, 0.6) is 0 Å². The third kappa shape index (κ3) is 9.79. The number of rotatable bonds is 10. The maximum Gasteiger partial charge on any atom is 0.325 e. The molecule has 4 rings (SSSR count). The number of cyclic esters (lactones) is 1. The first-order valence-electron chi connectivity index (χ1n) is 19.1. The molecule has 14 nitrogen and oxygen atoms in total. The Labute approximate surface area is 308 Å². The second-order valence-corrected chi connectivity index (χ2v) is 16.5. The van der Waals surface area contributed by atoms with Crippen molar-refractivity contribution < 1.29 is 33.6 Å². The average molecular weight is 736 g/mol. The van der Waals surface area contributed by atoms with Gasteiger partial charge in [-0.2, -0.15) is 0 Å². The van der Waals surface area contributed by atoms with Gasteiger partial charge in [0.25, 0.3) is 5.56 Å². The lowest BCUT2D eigenvalue weighted by Crippen LogP contribution is -2.59. The molecular weight excluding hydrogens is 670 g/mol. The summed E-state index contributed by atoms with van der Waals surface area (Å²) in [6.07, 6.45) is 1.24. The molecule has 0 amide bonds. The van der Waals surface area contributed by atoms with Gasteiger partial charge in [-0.05, 0) is 92.9 Å². The van der Waals surface area contributed by atoms with E-state index >= 15 is 0 Å². The Bertz CT molecular complexity index is 1480. The van der Waals surface area contributed by atoms with Crippen LogP contribution < -0.4 is 11.2 Å². The Kier molecular flexibility index (Phi) is 14.5. The van der Waals surface area contributed by atoms with Crippen LogP contribution in [0.2, 0.25) is 0 Å². The highest BCUT2D eigenvalue weighted by atomic mass is 16.7.